The molecule has 0 amide bonds. The van der Waals surface area contributed by atoms with E-state index in [-0.39, 0.29) is 16.2 Å². The number of hydrogen-bond donors (Lipinski definition) is 0. The third-order valence-electron chi connectivity index (χ3n) is 12.6. The lowest BCUT2D eigenvalue weighted by atomic mass is 9.84. The Kier molecular flexibility index (Phi) is 8.05. The van der Waals surface area contributed by atoms with Crippen LogP contribution >= 0.6 is 0 Å². The van der Waals surface area contributed by atoms with Crippen molar-refractivity contribution in [1.29, 1.82) is 0 Å². The van der Waals surface area contributed by atoms with Crippen LogP contribution in [-0.4, -0.2) is 9.55 Å². The maximum Gasteiger partial charge on any atom is 0.225 e. The monoisotopic (exact) mass is 773 g/mol. The molecule has 0 N–H and O–H groups in total. The molecule has 5 nitrogen and oxygen atoms in total. The van der Waals surface area contributed by atoms with Crippen molar-refractivity contribution in [3.05, 3.63) is 175 Å². The fourth-order valence-electron chi connectivity index (χ4n) is 9.17. The number of nitrogens with zero attached hydrogens (tertiary/aromatic N) is 4. The van der Waals surface area contributed by atoms with Crippen molar-refractivity contribution in [1.82, 2.24) is 18.7 Å². The van der Waals surface area contributed by atoms with E-state index in [1.165, 1.54) is 55.7 Å². The second-order valence-electron chi connectivity index (χ2n) is 19.6. The largest absolute Gasteiger partial charge is 0.457 e. The Morgan fingerprint density at radius 2 is 1.08 bits per heavy atom. The zero-order valence-electron chi connectivity index (χ0n) is 35.7. The lowest BCUT2D eigenvalue weighted by Crippen LogP contribution is -2.46. The van der Waals surface area contributed by atoms with Gasteiger partial charge in [0.05, 0.1) is 11.0 Å². The summed E-state index contributed by atoms with van der Waals surface area (Å²) >= 11 is 0. The van der Waals surface area contributed by atoms with E-state index in [1.807, 2.05) is 6.20 Å². The highest BCUT2D eigenvalue weighted by Gasteiger charge is 2.78. The number of hydrogen-bond acceptors (Lipinski definition) is 2. The molecule has 10 rings (SSSR count). The van der Waals surface area contributed by atoms with Crippen LogP contribution in [-0.2, 0) is 16.2 Å². The highest BCUT2D eigenvalue weighted by Crippen LogP contribution is 2.75. The van der Waals surface area contributed by atoms with Crippen LogP contribution in [0.15, 0.2) is 152 Å². The lowest BCUT2D eigenvalue weighted by Gasteiger charge is -2.40. The predicted molar refractivity (Wildman–Crippen MR) is 247 cm³/mol. The first-order valence-electron chi connectivity index (χ1n) is 20.9. The minimum atomic E-state index is -0.0190. The zero-order valence-corrected chi connectivity index (χ0v) is 35.7. The summed E-state index contributed by atoms with van der Waals surface area (Å²) in [7, 11) is 0. The first-order chi connectivity index (χ1) is 28.1. The molecule has 0 spiro atoms. The molecular formula is C54H53N4O+. The van der Waals surface area contributed by atoms with Crippen molar-refractivity contribution in [2.45, 2.75) is 78.6 Å². The van der Waals surface area contributed by atoms with Crippen LogP contribution in [0.1, 0.15) is 79.0 Å². The quantitative estimate of drug-likeness (QED) is 0.0956. The third-order valence-corrected chi connectivity index (χ3v) is 12.6. The molecule has 5 heteroatoms. The molecule has 0 aliphatic carbocycles. The summed E-state index contributed by atoms with van der Waals surface area (Å²) in [6.07, 6.45) is 1.94. The summed E-state index contributed by atoms with van der Waals surface area (Å²) in [6.45, 7) is 22.9. The standard InChI is InChI=1S/C54H53N4O/c1-52(2,3)38-22-24-45-46-25-23-44(34-48(46)56(47(45)31-38)51-32-39(26-27-55-51)53(4,5)6)59-43-19-15-18-41(33-43)57-35-58(57,50-21-14-13-20-49(50)57)42-29-37(36-16-11-10-12-17-36)28-40(30-42)54(7,8)9/h10-35H,1-9H3/q+1/t57?,58-/m0/s1. The van der Waals surface area contributed by atoms with Gasteiger partial charge in [-0.3, -0.25) is 4.57 Å². The normalized spacial score (nSPS) is 18.7. The van der Waals surface area contributed by atoms with Crippen molar-refractivity contribution < 1.29 is 4.74 Å². The van der Waals surface area contributed by atoms with E-state index in [2.05, 4.69) is 219 Å². The molecule has 0 bridgehead atoms. The van der Waals surface area contributed by atoms with Crippen LogP contribution < -0.4 is 13.9 Å². The van der Waals surface area contributed by atoms with Crippen LogP contribution in [0.2, 0.25) is 0 Å². The number of ether oxygens (including phenoxy) is 1. The van der Waals surface area contributed by atoms with E-state index >= 15 is 0 Å². The van der Waals surface area contributed by atoms with E-state index < -0.39 is 0 Å². The molecule has 59 heavy (non-hydrogen) atoms. The maximum atomic E-state index is 6.86. The molecule has 1 saturated heterocycles. The van der Waals surface area contributed by atoms with Crippen LogP contribution in [0, 0.1) is 6.67 Å². The van der Waals surface area contributed by atoms with Gasteiger partial charge in [0.25, 0.3) is 0 Å². The Morgan fingerprint density at radius 1 is 0.475 bits per heavy atom. The number of para-hydroxylation sites is 2. The van der Waals surface area contributed by atoms with Gasteiger partial charge in [0.15, 0.2) is 18.0 Å². The molecule has 0 saturated carbocycles. The Balaban J connectivity index is 1.07. The van der Waals surface area contributed by atoms with E-state index in [0.717, 1.165) is 34.0 Å². The number of quaternary nitrogens is 2. The van der Waals surface area contributed by atoms with Crippen LogP contribution in [0.3, 0.4) is 0 Å². The fraction of sp³-hybridized carbons (Fsp3) is 0.222. The molecule has 2 aliphatic heterocycles. The van der Waals surface area contributed by atoms with Gasteiger partial charge in [0.2, 0.25) is 11.4 Å². The average Bonchev–Trinajstić information content (AvgIpc) is 3.71. The van der Waals surface area contributed by atoms with Crippen LogP contribution in [0.4, 0.5) is 22.7 Å². The summed E-state index contributed by atoms with van der Waals surface area (Å²) in [6, 6.07) is 53.2. The molecule has 0 radical (unpaired) electrons. The van der Waals surface area contributed by atoms with Crippen molar-refractivity contribution in [2.75, 3.05) is 0 Å². The zero-order chi connectivity index (χ0) is 41.1. The summed E-state index contributed by atoms with van der Waals surface area (Å²) in [5, 5.41) is 2.38. The van der Waals surface area contributed by atoms with E-state index in [9.17, 15) is 0 Å². The minimum absolute atomic E-state index is 0.00325. The van der Waals surface area contributed by atoms with Gasteiger partial charge >= 0.3 is 0 Å². The average molecular weight is 774 g/mol. The molecule has 4 heterocycles. The van der Waals surface area contributed by atoms with Gasteiger partial charge in [-0.25, -0.2) is 4.98 Å². The number of benzene rings is 6. The SMILES string of the molecule is CC(C)(C)c1cc(-c2ccccc2)cc([N@+]23[CH-][N+]2(c2cccc(Oc4ccc5c6ccc(C(C)(C)C)cc6n(-c6cc(C(C)(C)C)ccn6)c5c4)c2)c2ccccc23)c1. The molecule has 1 unspecified atom stereocenters. The van der Waals surface area contributed by atoms with Gasteiger partial charge < -0.3 is 4.74 Å². The van der Waals surface area contributed by atoms with E-state index in [4.69, 9.17) is 9.72 Å². The van der Waals surface area contributed by atoms with Crippen LogP contribution in [0.25, 0.3) is 38.8 Å². The smallest absolute Gasteiger partial charge is 0.225 e. The predicted octanol–water partition coefficient (Wildman–Crippen LogP) is 14.9. The van der Waals surface area contributed by atoms with Gasteiger partial charge in [0.1, 0.15) is 17.3 Å². The molecule has 8 aromatic rings. The minimum Gasteiger partial charge on any atom is -0.457 e. The Hall–Kier alpha value is -6.01. The number of pyridine rings is 1. The summed E-state index contributed by atoms with van der Waals surface area (Å²) in [5.74, 6) is 2.50. The summed E-state index contributed by atoms with van der Waals surface area (Å²) in [5.41, 5.74) is 13.5. The molecule has 6 aromatic carbocycles. The van der Waals surface area contributed by atoms with Gasteiger partial charge in [-0.2, -0.15) is 9.18 Å². The molecule has 1 fully saturated rings. The highest BCUT2D eigenvalue weighted by molar-refractivity contribution is 6.09. The Morgan fingerprint density at radius 3 is 1.78 bits per heavy atom. The Bertz CT molecular complexity index is 2960. The van der Waals surface area contributed by atoms with E-state index in [0.29, 0.717) is 9.18 Å². The Labute approximate surface area is 348 Å². The summed E-state index contributed by atoms with van der Waals surface area (Å²) < 4.78 is 10.4. The number of fused-ring (bicyclic) bond motifs is 7. The molecule has 2 aromatic heterocycles. The van der Waals surface area contributed by atoms with Gasteiger partial charge in [-0.05, 0) is 80.5 Å². The first kappa shape index (κ1) is 37.3. The van der Waals surface area contributed by atoms with Crippen molar-refractivity contribution in [2.24, 2.45) is 0 Å². The molecule has 2 aliphatic rings. The molecular weight excluding hydrogens is 721 g/mol. The fourth-order valence-corrected chi connectivity index (χ4v) is 9.17. The highest BCUT2D eigenvalue weighted by atomic mass is 16.5. The number of rotatable bonds is 6. The van der Waals surface area contributed by atoms with Crippen molar-refractivity contribution in [3.63, 3.8) is 0 Å². The van der Waals surface area contributed by atoms with Crippen molar-refractivity contribution >= 4 is 44.6 Å². The van der Waals surface area contributed by atoms with Gasteiger partial charge in [0, 0.05) is 59.4 Å². The third kappa shape index (κ3) is 5.78. The number of aromatic nitrogens is 2. The maximum absolute atomic E-state index is 6.86. The summed E-state index contributed by atoms with van der Waals surface area (Å²) in [4.78, 5) is 4.97. The second kappa shape index (κ2) is 12.7. The molecule has 2 atom stereocenters. The first-order valence-corrected chi connectivity index (χ1v) is 20.9. The molecule has 294 valence electrons. The van der Waals surface area contributed by atoms with E-state index in [1.54, 1.807) is 0 Å². The topological polar surface area (TPSA) is 27.1 Å². The second-order valence-corrected chi connectivity index (χ2v) is 19.6. The lowest BCUT2D eigenvalue weighted by molar-refractivity contribution is 0.423. The van der Waals surface area contributed by atoms with Crippen LogP contribution in [0.5, 0.6) is 11.5 Å². The van der Waals surface area contributed by atoms with Gasteiger partial charge in [-0.15, -0.1) is 0 Å². The van der Waals surface area contributed by atoms with Gasteiger partial charge in [-0.1, -0.05) is 129 Å². The van der Waals surface area contributed by atoms with Crippen molar-refractivity contribution in [3.8, 4) is 28.4 Å².